The molecule has 3 heterocycles. The van der Waals surface area contributed by atoms with Gasteiger partial charge >= 0.3 is 0 Å². The minimum atomic E-state index is -0.617. The van der Waals surface area contributed by atoms with Crippen molar-refractivity contribution in [3.8, 4) is 23.0 Å². The molecule has 3 aromatic heterocycles. The van der Waals surface area contributed by atoms with Crippen LogP contribution in [0.1, 0.15) is 63.8 Å². The summed E-state index contributed by atoms with van der Waals surface area (Å²) >= 11 is 0. The second-order valence-corrected chi connectivity index (χ2v) is 10.5. The Kier molecular flexibility index (Phi) is 6.45. The molecule has 1 unspecified atom stereocenters. The lowest BCUT2D eigenvalue weighted by Gasteiger charge is -2.22. The number of aliphatic hydroxyl groups is 1. The largest absolute Gasteiger partial charge is 0.474 e. The van der Waals surface area contributed by atoms with Crippen LogP contribution in [0, 0.1) is 19.3 Å². The molecule has 0 saturated heterocycles. The van der Waals surface area contributed by atoms with Crippen molar-refractivity contribution in [1.82, 2.24) is 19.7 Å². The third-order valence-electron chi connectivity index (χ3n) is 5.85. The van der Waals surface area contributed by atoms with E-state index >= 15 is 0 Å². The van der Waals surface area contributed by atoms with Crippen LogP contribution >= 0.6 is 0 Å². The van der Waals surface area contributed by atoms with E-state index in [2.05, 4.69) is 69.1 Å². The van der Waals surface area contributed by atoms with Gasteiger partial charge in [0.15, 0.2) is 5.82 Å². The topological polar surface area (TPSA) is 73.1 Å². The van der Waals surface area contributed by atoms with E-state index in [1.807, 2.05) is 42.9 Å². The summed E-state index contributed by atoms with van der Waals surface area (Å²) in [5.74, 6) is 1.13. The number of fused-ring (bicyclic) bond motifs is 1. The Morgan fingerprint density at radius 2 is 1.74 bits per heavy atom. The van der Waals surface area contributed by atoms with Crippen molar-refractivity contribution < 1.29 is 9.84 Å². The minimum Gasteiger partial charge on any atom is -0.474 e. The number of aromatic nitrogens is 4. The number of ether oxygens (including phenoxy) is 1. The van der Waals surface area contributed by atoms with Crippen molar-refractivity contribution in [3.05, 3.63) is 65.5 Å². The van der Waals surface area contributed by atoms with Crippen LogP contribution in [0.4, 0.5) is 0 Å². The molecule has 4 aromatic rings. The Morgan fingerprint density at radius 3 is 2.32 bits per heavy atom. The van der Waals surface area contributed by atoms with Crippen LogP contribution in [0.2, 0.25) is 0 Å². The minimum absolute atomic E-state index is 0.0219. The number of aliphatic hydroxyl groups excluding tert-OH is 1. The van der Waals surface area contributed by atoms with E-state index in [1.54, 1.807) is 0 Å². The molecular weight excluding hydrogens is 424 g/mol. The molecule has 0 fully saturated rings. The lowest BCUT2D eigenvalue weighted by molar-refractivity contribution is 0.123. The van der Waals surface area contributed by atoms with E-state index < -0.39 is 6.10 Å². The summed E-state index contributed by atoms with van der Waals surface area (Å²) in [7, 11) is 0. The summed E-state index contributed by atoms with van der Waals surface area (Å²) < 4.78 is 7.59. The highest BCUT2D eigenvalue weighted by Gasteiger charge is 2.23. The molecule has 0 aliphatic heterocycles. The average molecular weight is 459 g/mol. The Bertz CT molecular complexity index is 1280. The van der Waals surface area contributed by atoms with Gasteiger partial charge in [-0.15, -0.1) is 10.2 Å². The number of pyridine rings is 1. The van der Waals surface area contributed by atoms with Gasteiger partial charge in [-0.3, -0.25) is 9.55 Å². The highest BCUT2D eigenvalue weighted by Crippen LogP contribution is 2.37. The molecule has 0 spiro atoms. The van der Waals surface area contributed by atoms with Gasteiger partial charge in [-0.05, 0) is 62.8 Å². The van der Waals surface area contributed by atoms with Crippen LogP contribution < -0.4 is 4.74 Å². The summed E-state index contributed by atoms with van der Waals surface area (Å²) in [6.07, 6.45) is 3.88. The fourth-order valence-corrected chi connectivity index (χ4v) is 4.40. The van der Waals surface area contributed by atoms with Gasteiger partial charge in [-0.2, -0.15) is 0 Å². The van der Waals surface area contributed by atoms with Crippen molar-refractivity contribution in [2.75, 3.05) is 0 Å². The average Bonchev–Trinajstić information content (AvgIpc) is 3.12. The molecule has 178 valence electrons. The van der Waals surface area contributed by atoms with E-state index in [0.717, 1.165) is 27.7 Å². The SMILES string of the molecule is Cc1cccc(C)c1-c1cc2c(C(O)CC(C)(C)C)cn(-c3ccc(OC(C)C)nn3)c2cn1. The molecule has 4 rings (SSSR count). The van der Waals surface area contributed by atoms with Gasteiger partial charge in [-0.25, -0.2) is 0 Å². The summed E-state index contributed by atoms with van der Waals surface area (Å²) in [4.78, 5) is 4.81. The first-order chi connectivity index (χ1) is 16.0. The molecular formula is C28H34N4O2. The van der Waals surface area contributed by atoms with E-state index in [0.29, 0.717) is 18.1 Å². The monoisotopic (exact) mass is 458 g/mol. The van der Waals surface area contributed by atoms with Crippen molar-refractivity contribution in [2.45, 2.75) is 67.1 Å². The van der Waals surface area contributed by atoms with Crippen molar-refractivity contribution >= 4 is 10.9 Å². The maximum atomic E-state index is 11.2. The molecule has 1 N–H and O–H groups in total. The number of rotatable bonds is 6. The van der Waals surface area contributed by atoms with Crippen LogP contribution in [-0.4, -0.2) is 31.0 Å². The van der Waals surface area contributed by atoms with Gasteiger partial charge in [0, 0.05) is 28.8 Å². The number of hydrogen-bond acceptors (Lipinski definition) is 5. The normalized spacial score (nSPS) is 13.0. The molecule has 0 aliphatic rings. The number of hydrogen-bond donors (Lipinski definition) is 1. The van der Waals surface area contributed by atoms with E-state index in [1.165, 1.54) is 11.1 Å². The molecule has 6 nitrogen and oxygen atoms in total. The Morgan fingerprint density at radius 1 is 1.03 bits per heavy atom. The third kappa shape index (κ3) is 4.97. The second kappa shape index (κ2) is 9.18. The number of benzene rings is 1. The zero-order valence-corrected chi connectivity index (χ0v) is 21.1. The second-order valence-electron chi connectivity index (χ2n) is 10.5. The first kappa shape index (κ1) is 23.9. The fourth-order valence-electron chi connectivity index (χ4n) is 4.40. The van der Waals surface area contributed by atoms with Gasteiger partial charge < -0.3 is 9.84 Å². The summed E-state index contributed by atoms with van der Waals surface area (Å²) in [5, 5.41) is 20.8. The lowest BCUT2D eigenvalue weighted by atomic mass is 9.87. The summed E-state index contributed by atoms with van der Waals surface area (Å²) in [6, 6.07) is 12.1. The molecule has 1 aromatic carbocycles. The Labute approximate surface area is 201 Å². The van der Waals surface area contributed by atoms with Crippen molar-refractivity contribution in [3.63, 3.8) is 0 Å². The Balaban J connectivity index is 1.87. The number of aryl methyl sites for hydroxylation is 2. The van der Waals surface area contributed by atoms with Gasteiger partial charge in [0.1, 0.15) is 0 Å². The molecule has 0 amide bonds. The molecule has 1 atom stereocenters. The van der Waals surface area contributed by atoms with Gasteiger partial charge in [0.25, 0.3) is 0 Å². The van der Waals surface area contributed by atoms with Crippen LogP contribution in [-0.2, 0) is 0 Å². The van der Waals surface area contributed by atoms with Crippen molar-refractivity contribution in [2.24, 2.45) is 5.41 Å². The molecule has 0 aliphatic carbocycles. The highest BCUT2D eigenvalue weighted by molar-refractivity contribution is 5.89. The lowest BCUT2D eigenvalue weighted by Crippen LogP contribution is -2.11. The maximum absolute atomic E-state index is 11.2. The molecule has 6 heteroatoms. The standard InChI is InChI=1S/C28H34N4O2/c1-17(2)34-26-12-11-25(30-31-26)32-16-21(24(33)14-28(5,6)7)20-13-22(29-15-23(20)32)27-18(3)9-8-10-19(27)4/h8-13,15-17,24,33H,14H2,1-7H3. The summed E-state index contributed by atoms with van der Waals surface area (Å²) in [6.45, 7) is 14.5. The van der Waals surface area contributed by atoms with E-state index in [-0.39, 0.29) is 11.5 Å². The number of nitrogens with zero attached hydrogens (tertiary/aromatic N) is 4. The van der Waals surface area contributed by atoms with E-state index in [9.17, 15) is 5.11 Å². The van der Waals surface area contributed by atoms with E-state index in [4.69, 9.17) is 9.72 Å². The molecule has 0 saturated carbocycles. The zero-order valence-electron chi connectivity index (χ0n) is 21.1. The fraction of sp³-hybridized carbons (Fsp3) is 0.393. The smallest absolute Gasteiger partial charge is 0.233 e. The Hall–Kier alpha value is -3.25. The third-order valence-corrected chi connectivity index (χ3v) is 5.85. The summed E-state index contributed by atoms with van der Waals surface area (Å²) in [5.41, 5.74) is 6.10. The van der Waals surface area contributed by atoms with Gasteiger partial charge in [0.2, 0.25) is 5.88 Å². The molecule has 0 bridgehead atoms. The first-order valence-electron chi connectivity index (χ1n) is 11.8. The quantitative estimate of drug-likeness (QED) is 0.364. The predicted octanol–water partition coefficient (Wildman–Crippen LogP) is 6.36. The first-order valence-corrected chi connectivity index (χ1v) is 11.8. The van der Waals surface area contributed by atoms with Gasteiger partial charge in [-0.1, -0.05) is 39.0 Å². The molecule has 0 radical (unpaired) electrons. The predicted molar refractivity (Wildman–Crippen MR) is 136 cm³/mol. The zero-order chi connectivity index (χ0) is 24.6. The van der Waals surface area contributed by atoms with Gasteiger partial charge in [0.05, 0.1) is 29.6 Å². The van der Waals surface area contributed by atoms with Crippen LogP contribution in [0.3, 0.4) is 0 Å². The van der Waals surface area contributed by atoms with Crippen LogP contribution in [0.15, 0.2) is 48.8 Å². The molecule has 34 heavy (non-hydrogen) atoms. The van der Waals surface area contributed by atoms with Crippen molar-refractivity contribution in [1.29, 1.82) is 0 Å². The highest BCUT2D eigenvalue weighted by atomic mass is 16.5. The van der Waals surface area contributed by atoms with Crippen LogP contribution in [0.25, 0.3) is 28.0 Å². The maximum Gasteiger partial charge on any atom is 0.233 e. The van der Waals surface area contributed by atoms with Crippen LogP contribution in [0.5, 0.6) is 5.88 Å².